The summed E-state index contributed by atoms with van der Waals surface area (Å²) in [5, 5.41) is 5.20. The summed E-state index contributed by atoms with van der Waals surface area (Å²) in [6.07, 6.45) is 0. The number of nitrogens with zero attached hydrogens (tertiary/aromatic N) is 1. The van der Waals surface area contributed by atoms with E-state index in [1.54, 1.807) is 0 Å². The average molecular weight is 383 g/mol. The molecular formula is C29H21N. The van der Waals surface area contributed by atoms with Gasteiger partial charge in [0.2, 0.25) is 0 Å². The molecule has 0 aliphatic carbocycles. The second kappa shape index (κ2) is 6.60. The molecule has 6 rings (SSSR count). The van der Waals surface area contributed by atoms with Crippen molar-refractivity contribution in [1.29, 1.82) is 0 Å². The fraction of sp³-hybridized carbons (Fsp3) is 0.0345. The second-order valence-corrected chi connectivity index (χ2v) is 7.90. The first-order valence-electron chi connectivity index (χ1n) is 10.4. The molecule has 1 aromatic heterocycles. The van der Waals surface area contributed by atoms with Crippen molar-refractivity contribution in [2.75, 3.05) is 0 Å². The molecule has 0 unspecified atom stereocenters. The van der Waals surface area contributed by atoms with Crippen molar-refractivity contribution in [3.05, 3.63) is 115 Å². The van der Waals surface area contributed by atoms with Gasteiger partial charge in [0.15, 0.2) is 0 Å². The Balaban J connectivity index is 1.71. The Morgan fingerprint density at radius 3 is 2.17 bits per heavy atom. The Kier molecular flexibility index (Phi) is 3.75. The highest BCUT2D eigenvalue weighted by Crippen LogP contribution is 2.37. The summed E-state index contributed by atoms with van der Waals surface area (Å²) >= 11 is 0. The van der Waals surface area contributed by atoms with Crippen molar-refractivity contribution in [2.24, 2.45) is 0 Å². The fourth-order valence-corrected chi connectivity index (χ4v) is 4.76. The normalized spacial score (nSPS) is 11.5. The van der Waals surface area contributed by atoms with Gasteiger partial charge in [-0.1, -0.05) is 84.9 Å². The van der Waals surface area contributed by atoms with Crippen LogP contribution >= 0.6 is 0 Å². The molecule has 0 saturated carbocycles. The highest BCUT2D eigenvalue weighted by Gasteiger charge is 2.14. The Morgan fingerprint density at radius 1 is 0.567 bits per heavy atom. The minimum Gasteiger partial charge on any atom is -0.309 e. The molecule has 0 fully saturated rings. The lowest BCUT2D eigenvalue weighted by Crippen LogP contribution is -1.93. The van der Waals surface area contributed by atoms with Gasteiger partial charge in [0, 0.05) is 16.5 Å². The first-order valence-corrected chi connectivity index (χ1v) is 10.4. The predicted molar refractivity (Wildman–Crippen MR) is 128 cm³/mol. The standard InChI is InChI=1S/C29H21N/c1-20-9-7-10-21-11-8-15-24(29(20)21)22-17-18-26-25-14-5-6-16-27(25)30(28(26)19-22)23-12-3-2-4-13-23/h2-19H,1H3. The van der Waals surface area contributed by atoms with Gasteiger partial charge in [0.05, 0.1) is 11.0 Å². The van der Waals surface area contributed by atoms with Crippen LogP contribution in [0.1, 0.15) is 5.56 Å². The topological polar surface area (TPSA) is 4.93 Å². The Bertz CT molecular complexity index is 1530. The van der Waals surface area contributed by atoms with Gasteiger partial charge in [-0.25, -0.2) is 0 Å². The van der Waals surface area contributed by atoms with Gasteiger partial charge in [0.25, 0.3) is 0 Å². The maximum atomic E-state index is 2.38. The third-order valence-electron chi connectivity index (χ3n) is 6.11. The monoisotopic (exact) mass is 383 g/mol. The summed E-state index contributed by atoms with van der Waals surface area (Å²) in [6, 6.07) is 39.4. The van der Waals surface area contributed by atoms with Crippen LogP contribution in [-0.4, -0.2) is 4.57 Å². The van der Waals surface area contributed by atoms with E-state index < -0.39 is 0 Å². The van der Waals surface area contributed by atoms with Crippen LogP contribution in [0.25, 0.3) is 49.4 Å². The lowest BCUT2D eigenvalue weighted by Gasteiger charge is -2.11. The number of fused-ring (bicyclic) bond motifs is 4. The van der Waals surface area contributed by atoms with E-state index in [0.29, 0.717) is 0 Å². The van der Waals surface area contributed by atoms with Crippen LogP contribution in [0.15, 0.2) is 109 Å². The van der Waals surface area contributed by atoms with Crippen LogP contribution < -0.4 is 0 Å². The van der Waals surface area contributed by atoms with E-state index in [9.17, 15) is 0 Å². The van der Waals surface area contributed by atoms with Crippen LogP contribution in [0.4, 0.5) is 0 Å². The van der Waals surface area contributed by atoms with Crippen molar-refractivity contribution in [2.45, 2.75) is 6.92 Å². The van der Waals surface area contributed by atoms with Gasteiger partial charge in [-0.05, 0) is 58.7 Å². The molecule has 0 amide bonds. The molecule has 142 valence electrons. The molecule has 0 aliphatic rings. The van der Waals surface area contributed by atoms with E-state index in [1.165, 1.54) is 55.0 Å². The summed E-state index contributed by atoms with van der Waals surface area (Å²) in [5.74, 6) is 0. The van der Waals surface area contributed by atoms with E-state index in [0.717, 1.165) is 0 Å². The molecule has 0 spiro atoms. The SMILES string of the molecule is Cc1cccc2cccc(-c3ccc4c5ccccc5n(-c5ccccc5)c4c3)c12. The molecule has 0 atom stereocenters. The number of benzene rings is 5. The fourth-order valence-electron chi connectivity index (χ4n) is 4.76. The minimum absolute atomic E-state index is 1.19. The zero-order chi connectivity index (χ0) is 20.1. The maximum Gasteiger partial charge on any atom is 0.0547 e. The van der Waals surface area contributed by atoms with Gasteiger partial charge in [-0.15, -0.1) is 0 Å². The van der Waals surface area contributed by atoms with Crippen LogP contribution in [0.5, 0.6) is 0 Å². The molecule has 0 N–H and O–H groups in total. The quantitative estimate of drug-likeness (QED) is 0.286. The van der Waals surface area contributed by atoms with Crippen LogP contribution in [0, 0.1) is 6.92 Å². The van der Waals surface area contributed by atoms with Crippen molar-refractivity contribution in [1.82, 2.24) is 4.57 Å². The highest BCUT2D eigenvalue weighted by molar-refractivity contribution is 6.11. The molecule has 1 heteroatoms. The minimum atomic E-state index is 1.19. The van der Waals surface area contributed by atoms with Gasteiger partial charge in [0.1, 0.15) is 0 Å². The smallest absolute Gasteiger partial charge is 0.0547 e. The van der Waals surface area contributed by atoms with Gasteiger partial charge >= 0.3 is 0 Å². The second-order valence-electron chi connectivity index (χ2n) is 7.90. The van der Waals surface area contributed by atoms with Gasteiger partial charge in [-0.3, -0.25) is 0 Å². The van der Waals surface area contributed by atoms with Crippen molar-refractivity contribution >= 4 is 32.6 Å². The zero-order valence-corrected chi connectivity index (χ0v) is 16.8. The Morgan fingerprint density at radius 2 is 1.30 bits per heavy atom. The predicted octanol–water partition coefficient (Wildman–Crippen LogP) is 7.91. The third-order valence-corrected chi connectivity index (χ3v) is 6.11. The summed E-state index contributed by atoms with van der Waals surface area (Å²) in [5.41, 5.74) is 7.52. The summed E-state index contributed by atoms with van der Waals surface area (Å²) < 4.78 is 2.38. The molecule has 5 aromatic carbocycles. The number of hydrogen-bond acceptors (Lipinski definition) is 0. The third kappa shape index (κ3) is 2.49. The van der Waals surface area contributed by atoms with Crippen LogP contribution in [0.3, 0.4) is 0 Å². The first kappa shape index (κ1) is 17.1. The van der Waals surface area contributed by atoms with E-state index in [2.05, 4.69) is 121 Å². The van der Waals surface area contributed by atoms with Crippen molar-refractivity contribution < 1.29 is 0 Å². The molecule has 6 aromatic rings. The van der Waals surface area contributed by atoms with E-state index >= 15 is 0 Å². The van der Waals surface area contributed by atoms with Crippen molar-refractivity contribution in [3.63, 3.8) is 0 Å². The largest absolute Gasteiger partial charge is 0.309 e. The number of aryl methyl sites for hydroxylation is 1. The number of para-hydroxylation sites is 2. The average Bonchev–Trinajstić information content (AvgIpc) is 3.13. The first-order chi connectivity index (χ1) is 14.8. The maximum absolute atomic E-state index is 2.38. The zero-order valence-electron chi connectivity index (χ0n) is 16.8. The molecule has 0 radical (unpaired) electrons. The summed E-state index contributed by atoms with van der Waals surface area (Å²) in [6.45, 7) is 2.20. The molecule has 1 heterocycles. The Labute approximate surface area is 175 Å². The molecule has 0 bridgehead atoms. The number of hydrogen-bond donors (Lipinski definition) is 0. The van der Waals surface area contributed by atoms with E-state index in [1.807, 2.05) is 0 Å². The molecule has 30 heavy (non-hydrogen) atoms. The van der Waals surface area contributed by atoms with Crippen LogP contribution in [-0.2, 0) is 0 Å². The molecular weight excluding hydrogens is 362 g/mol. The molecule has 0 aliphatic heterocycles. The molecule has 1 nitrogen and oxygen atoms in total. The lowest BCUT2D eigenvalue weighted by molar-refractivity contribution is 1.18. The summed E-state index contributed by atoms with van der Waals surface area (Å²) in [4.78, 5) is 0. The van der Waals surface area contributed by atoms with Gasteiger partial charge < -0.3 is 4.57 Å². The highest BCUT2D eigenvalue weighted by atomic mass is 15.0. The van der Waals surface area contributed by atoms with Crippen LogP contribution in [0.2, 0.25) is 0 Å². The lowest BCUT2D eigenvalue weighted by atomic mass is 9.94. The van der Waals surface area contributed by atoms with Gasteiger partial charge in [-0.2, -0.15) is 0 Å². The summed E-state index contributed by atoms with van der Waals surface area (Å²) in [7, 11) is 0. The van der Waals surface area contributed by atoms with E-state index in [-0.39, 0.29) is 0 Å². The van der Waals surface area contributed by atoms with E-state index in [4.69, 9.17) is 0 Å². The van der Waals surface area contributed by atoms with Crippen molar-refractivity contribution in [3.8, 4) is 16.8 Å². The number of rotatable bonds is 2. The number of aromatic nitrogens is 1. The Hall–Kier alpha value is -3.84. The molecule has 0 saturated heterocycles.